The van der Waals surface area contributed by atoms with Crippen molar-refractivity contribution in [3.63, 3.8) is 0 Å². The third kappa shape index (κ3) is 2.98. The third-order valence-electron chi connectivity index (χ3n) is 4.71. The molecule has 128 valence electrons. The van der Waals surface area contributed by atoms with Crippen LogP contribution in [0.3, 0.4) is 0 Å². The summed E-state index contributed by atoms with van der Waals surface area (Å²) in [6, 6.07) is 3.50. The zero-order chi connectivity index (χ0) is 17.3. The molecule has 1 saturated heterocycles. The Bertz CT molecular complexity index is 674. The fraction of sp³-hybridized carbons (Fsp3) is 0.529. The summed E-state index contributed by atoms with van der Waals surface area (Å²) in [6.45, 7) is 4.95. The van der Waals surface area contributed by atoms with Gasteiger partial charge < -0.3 is 14.6 Å². The Balaban J connectivity index is 1.64. The second-order valence-corrected chi connectivity index (χ2v) is 6.71. The van der Waals surface area contributed by atoms with E-state index in [2.05, 4.69) is 10.1 Å². The number of amides is 2. The highest BCUT2D eigenvalue weighted by molar-refractivity contribution is 6.39. The van der Waals surface area contributed by atoms with Crippen LogP contribution < -0.4 is 0 Å². The van der Waals surface area contributed by atoms with Gasteiger partial charge in [0.25, 0.3) is 11.8 Å². The van der Waals surface area contributed by atoms with Gasteiger partial charge in [0, 0.05) is 50.4 Å². The van der Waals surface area contributed by atoms with E-state index in [-0.39, 0.29) is 17.9 Å². The topological polar surface area (TPSA) is 75.1 Å². The lowest BCUT2D eigenvalue weighted by Gasteiger charge is -2.23. The van der Waals surface area contributed by atoms with Crippen LogP contribution in [0.25, 0.3) is 0 Å². The van der Waals surface area contributed by atoms with Crippen molar-refractivity contribution in [1.29, 1.82) is 0 Å². The second kappa shape index (κ2) is 6.22. The lowest BCUT2D eigenvalue weighted by molar-refractivity contribution is -0.124. The molecule has 0 bridgehead atoms. The summed E-state index contributed by atoms with van der Waals surface area (Å²) >= 11 is 0. The number of oxime groups is 1. The molecular formula is C17H22N4O3. The van der Waals surface area contributed by atoms with Crippen molar-refractivity contribution >= 4 is 17.5 Å². The van der Waals surface area contributed by atoms with Gasteiger partial charge in [0.15, 0.2) is 5.60 Å². The maximum absolute atomic E-state index is 12.5. The lowest BCUT2D eigenvalue weighted by atomic mass is 9.96. The van der Waals surface area contributed by atoms with Gasteiger partial charge in [0.1, 0.15) is 5.71 Å². The Hall–Kier alpha value is -2.44. The minimum absolute atomic E-state index is 0.0445. The van der Waals surface area contributed by atoms with Gasteiger partial charge in [0.2, 0.25) is 0 Å². The number of carbonyl (C=O) groups excluding carboxylic acids is 2. The summed E-state index contributed by atoms with van der Waals surface area (Å²) in [7, 11) is 1.76. The molecule has 0 N–H and O–H groups in total. The van der Waals surface area contributed by atoms with Crippen molar-refractivity contribution in [1.82, 2.24) is 14.8 Å². The Kier molecular flexibility index (Phi) is 4.26. The van der Waals surface area contributed by atoms with E-state index in [9.17, 15) is 9.59 Å². The summed E-state index contributed by atoms with van der Waals surface area (Å²) in [5.41, 5.74) is 0.479. The molecule has 0 unspecified atom stereocenters. The van der Waals surface area contributed by atoms with E-state index >= 15 is 0 Å². The molecule has 0 radical (unpaired) electrons. The van der Waals surface area contributed by atoms with Crippen LogP contribution in [-0.2, 0) is 9.63 Å². The van der Waals surface area contributed by atoms with Crippen molar-refractivity contribution in [3.05, 3.63) is 30.1 Å². The van der Waals surface area contributed by atoms with E-state index in [1.807, 2.05) is 13.8 Å². The Labute approximate surface area is 141 Å². The molecule has 7 nitrogen and oxygen atoms in total. The zero-order valence-corrected chi connectivity index (χ0v) is 14.2. The summed E-state index contributed by atoms with van der Waals surface area (Å²) in [6.07, 6.45) is 4.33. The number of hydrogen-bond donors (Lipinski definition) is 0. The molecule has 7 heteroatoms. The molecule has 1 atom stereocenters. The third-order valence-corrected chi connectivity index (χ3v) is 4.71. The summed E-state index contributed by atoms with van der Waals surface area (Å²) in [5.74, 6) is -0.155. The van der Waals surface area contributed by atoms with Gasteiger partial charge in [0.05, 0.1) is 6.54 Å². The SMILES string of the molecule is CC(C)N(C)C(=O)C1=NO[C@]2(CCN(C(=O)c3ccncc3)C2)C1. The highest BCUT2D eigenvalue weighted by Crippen LogP contribution is 2.34. The molecule has 1 aromatic heterocycles. The van der Waals surface area contributed by atoms with Crippen LogP contribution >= 0.6 is 0 Å². The van der Waals surface area contributed by atoms with Crippen LogP contribution in [0, 0.1) is 0 Å². The molecule has 2 aliphatic heterocycles. The summed E-state index contributed by atoms with van der Waals surface area (Å²) in [4.78, 5) is 37.9. The first-order chi connectivity index (χ1) is 11.4. The highest BCUT2D eigenvalue weighted by Gasteiger charge is 2.48. The van der Waals surface area contributed by atoms with Crippen LogP contribution in [0.15, 0.2) is 29.7 Å². The van der Waals surface area contributed by atoms with Gasteiger partial charge in [-0.3, -0.25) is 14.6 Å². The van der Waals surface area contributed by atoms with Crippen LogP contribution in [0.5, 0.6) is 0 Å². The first-order valence-electron chi connectivity index (χ1n) is 8.13. The summed E-state index contributed by atoms with van der Waals surface area (Å²) < 4.78 is 0. The number of rotatable bonds is 3. The summed E-state index contributed by atoms with van der Waals surface area (Å²) in [5, 5.41) is 4.02. The predicted octanol–water partition coefficient (Wildman–Crippen LogP) is 1.31. The maximum atomic E-state index is 12.5. The van der Waals surface area contributed by atoms with Crippen LogP contribution in [0.1, 0.15) is 37.0 Å². The van der Waals surface area contributed by atoms with Crippen LogP contribution in [0.4, 0.5) is 0 Å². The largest absolute Gasteiger partial charge is 0.386 e. The lowest BCUT2D eigenvalue weighted by Crippen LogP contribution is -2.40. The van der Waals surface area contributed by atoms with E-state index in [0.29, 0.717) is 37.2 Å². The van der Waals surface area contributed by atoms with Gasteiger partial charge in [-0.05, 0) is 26.0 Å². The van der Waals surface area contributed by atoms with E-state index in [1.54, 1.807) is 41.4 Å². The minimum Gasteiger partial charge on any atom is -0.386 e. The standard InChI is InChI=1S/C17H22N4O3/c1-12(2)20(3)16(23)14-10-17(24-19-14)6-9-21(11-17)15(22)13-4-7-18-8-5-13/h4-5,7-8,12H,6,9-11H2,1-3H3/t17-/m1/s1. The molecular weight excluding hydrogens is 308 g/mol. The fourth-order valence-electron chi connectivity index (χ4n) is 2.99. The predicted molar refractivity (Wildman–Crippen MR) is 88.5 cm³/mol. The fourth-order valence-corrected chi connectivity index (χ4v) is 2.99. The van der Waals surface area contributed by atoms with Crippen molar-refractivity contribution in [2.45, 2.75) is 38.3 Å². The molecule has 3 heterocycles. The normalized spacial score (nSPS) is 22.7. The minimum atomic E-state index is -0.564. The molecule has 1 fully saturated rings. The van der Waals surface area contributed by atoms with E-state index < -0.39 is 5.60 Å². The number of hydrogen-bond acceptors (Lipinski definition) is 5. The molecule has 0 saturated carbocycles. The molecule has 3 rings (SSSR count). The number of likely N-dealkylation sites (tertiary alicyclic amines) is 1. The molecule has 24 heavy (non-hydrogen) atoms. The molecule has 1 spiro atoms. The number of nitrogens with zero attached hydrogens (tertiary/aromatic N) is 4. The van der Waals surface area contributed by atoms with E-state index in [4.69, 9.17) is 4.84 Å². The molecule has 1 aromatic rings. The van der Waals surface area contributed by atoms with E-state index in [0.717, 1.165) is 0 Å². The average molecular weight is 330 g/mol. The smallest absolute Gasteiger partial charge is 0.271 e. The van der Waals surface area contributed by atoms with Gasteiger partial charge >= 0.3 is 0 Å². The van der Waals surface area contributed by atoms with Gasteiger partial charge in [-0.2, -0.15) is 0 Å². The highest BCUT2D eigenvalue weighted by atomic mass is 16.7. The monoisotopic (exact) mass is 330 g/mol. The number of aromatic nitrogens is 1. The quantitative estimate of drug-likeness (QED) is 0.837. The van der Waals surface area contributed by atoms with Crippen molar-refractivity contribution < 1.29 is 14.4 Å². The second-order valence-electron chi connectivity index (χ2n) is 6.71. The molecule has 0 aromatic carbocycles. The van der Waals surface area contributed by atoms with Crippen molar-refractivity contribution in [2.75, 3.05) is 20.1 Å². The van der Waals surface area contributed by atoms with Crippen LogP contribution in [0.2, 0.25) is 0 Å². The van der Waals surface area contributed by atoms with E-state index in [1.165, 1.54) is 0 Å². The molecule has 0 aliphatic carbocycles. The van der Waals surface area contributed by atoms with Gasteiger partial charge in [-0.15, -0.1) is 0 Å². The van der Waals surface area contributed by atoms with Gasteiger partial charge in [-0.25, -0.2) is 0 Å². The Morgan fingerprint density at radius 3 is 2.71 bits per heavy atom. The number of carbonyl (C=O) groups is 2. The number of pyridine rings is 1. The Morgan fingerprint density at radius 2 is 2.04 bits per heavy atom. The van der Waals surface area contributed by atoms with Crippen molar-refractivity contribution in [3.8, 4) is 0 Å². The maximum Gasteiger partial charge on any atom is 0.271 e. The first-order valence-corrected chi connectivity index (χ1v) is 8.13. The van der Waals surface area contributed by atoms with Gasteiger partial charge in [-0.1, -0.05) is 5.16 Å². The van der Waals surface area contributed by atoms with Crippen molar-refractivity contribution in [2.24, 2.45) is 5.16 Å². The molecule has 2 aliphatic rings. The molecule has 2 amide bonds. The van der Waals surface area contributed by atoms with Crippen LogP contribution in [-0.4, -0.2) is 64.1 Å². The zero-order valence-electron chi connectivity index (χ0n) is 14.2. The average Bonchev–Trinajstić information content (AvgIpc) is 3.21. The Morgan fingerprint density at radius 1 is 1.33 bits per heavy atom. The first kappa shape index (κ1) is 16.4.